The molecular weight excluding hydrogens is 1820 g/mol. The number of fused-ring (bicyclic) bond motifs is 2. The van der Waals surface area contributed by atoms with Crippen LogP contribution in [0.1, 0.15) is 436 Å². The molecule has 11 aromatic rings. The van der Waals surface area contributed by atoms with E-state index in [1.54, 1.807) is 43.5 Å². The van der Waals surface area contributed by atoms with Crippen molar-refractivity contribution in [3.63, 3.8) is 0 Å². The highest BCUT2D eigenvalue weighted by atomic mass is 16.7. The Kier molecular flexibility index (Phi) is 89.1. The van der Waals surface area contributed by atoms with E-state index in [1.807, 2.05) is 269 Å². The molecule has 14 heteroatoms. The second-order valence-electron chi connectivity index (χ2n) is 36.5. The van der Waals surface area contributed by atoms with Gasteiger partial charge in [0.1, 0.15) is 52.8 Å². The predicted octanol–water partition coefficient (Wildman–Crippen LogP) is 41.9. The molecule has 0 saturated carbocycles. The lowest BCUT2D eigenvalue weighted by Gasteiger charge is -2.29. The van der Waals surface area contributed by atoms with Gasteiger partial charge < -0.3 is 48.5 Å². The van der Waals surface area contributed by atoms with Crippen molar-refractivity contribution in [3.8, 4) is 56.8 Å². The highest BCUT2D eigenvalue weighted by molar-refractivity contribution is 5.85. The molecule has 1 aliphatic rings. The lowest BCUT2D eigenvalue weighted by atomic mass is 9.87. The molecule has 0 spiro atoms. The Bertz CT molecular complexity index is 5030. The van der Waals surface area contributed by atoms with Crippen LogP contribution in [0, 0.1) is 21.7 Å². The normalized spacial score (nSPS) is 12.2. The second kappa shape index (κ2) is 81.5. The summed E-state index contributed by atoms with van der Waals surface area (Å²) >= 11 is 0. The summed E-state index contributed by atoms with van der Waals surface area (Å²) in [6, 6.07) is 87.0. The first-order chi connectivity index (χ1) is 62.3. The molecule has 0 bridgehead atoms. The molecule has 14 nitrogen and oxygen atoms in total. The van der Waals surface area contributed by atoms with Crippen LogP contribution in [0.5, 0.6) is 34.5 Å². The van der Waals surface area contributed by atoms with E-state index in [9.17, 15) is 29.4 Å². The van der Waals surface area contributed by atoms with Gasteiger partial charge in [0.2, 0.25) is 0 Å². The number of phenols is 3. The van der Waals surface area contributed by atoms with E-state index in [0.29, 0.717) is 53.3 Å². The molecule has 0 heterocycles. The molecule has 0 aromatic heterocycles. The SMILES string of the molecule is C.C.C.C.C.C.C.C.C.C.C.C.C.C.C.C.CCC(C)(C)C(=O)OC(C)c1ccccc1.CCC(C)(C)C(=O)OC(C)c1ccccc1.CCC(C)(C)C(=O)OC1CCCc2cc(OC)ccc21.CCC(C)(C)C(=O)Oc1ccc(-c2ccccc2)cc1.CCC(C)c1ccc(-c2ccc(O)cc2)cc1.CCC(C)c1ccc(O)cc1.CCC(C)c1ccc2cc(O)ccc2c1.CCOC(C)Oc1ccc(C(C)CC)cc1. The highest BCUT2D eigenvalue weighted by Crippen LogP contribution is 2.39. The third-order valence-corrected chi connectivity index (χ3v) is 25.0. The van der Waals surface area contributed by atoms with Gasteiger partial charge in [0.05, 0.1) is 28.8 Å². The number of ether oxygens (including phenoxy) is 7. The number of hydrogen-bond acceptors (Lipinski definition) is 14. The van der Waals surface area contributed by atoms with Crippen LogP contribution in [-0.4, -0.2) is 59.2 Å². The molecular formula is C133H218O14. The van der Waals surface area contributed by atoms with Gasteiger partial charge in [0, 0.05) is 6.61 Å². The van der Waals surface area contributed by atoms with E-state index in [0.717, 1.165) is 114 Å². The smallest absolute Gasteiger partial charge is 0.316 e. The Labute approximate surface area is 904 Å². The van der Waals surface area contributed by atoms with Gasteiger partial charge in [-0.2, -0.15) is 0 Å². The molecule has 147 heavy (non-hydrogen) atoms. The van der Waals surface area contributed by atoms with Gasteiger partial charge in [-0.15, -0.1) is 0 Å². The molecule has 0 radical (unpaired) electrons. The van der Waals surface area contributed by atoms with Gasteiger partial charge in [-0.3, -0.25) is 19.2 Å². The summed E-state index contributed by atoms with van der Waals surface area (Å²) in [5, 5.41) is 29.9. The Morgan fingerprint density at radius 2 is 0.626 bits per heavy atom. The van der Waals surface area contributed by atoms with Crippen molar-refractivity contribution in [2.45, 2.75) is 404 Å². The Hall–Kier alpha value is -11.5. The molecule has 0 amide bonds. The van der Waals surface area contributed by atoms with Crippen LogP contribution in [0.2, 0.25) is 0 Å². The number of methoxy groups -OCH3 is 1. The van der Waals surface area contributed by atoms with Gasteiger partial charge in [0.15, 0.2) is 6.29 Å². The lowest BCUT2D eigenvalue weighted by molar-refractivity contribution is -0.161. The Morgan fingerprint density at radius 3 is 1.01 bits per heavy atom. The van der Waals surface area contributed by atoms with E-state index in [2.05, 4.69) is 128 Å². The van der Waals surface area contributed by atoms with E-state index in [1.165, 1.54) is 45.2 Å². The standard InChI is InChI=1S/C18H20O2.C17H24O3.C16H18O.2C14H20O2.C14H22O2.C14H16O.C10H14O.16CH4/c1-4-18(2,3)17(19)20-16-12-10-15(11-13-16)14-8-6-5-7-9-14;1-5-17(2,3)16(18)20-15-8-6-7-12-11-13(19-4)9-10-14(12)15;1-3-12(2)13-4-6-14(7-5-13)15-8-10-16(17)11-9-15;2*1-5-14(3,4)13(15)16-11(2)12-9-7-6-8-10-12;1-5-11(3)13-7-9-14(10-8-13)16-12(4)15-6-2;1-3-10(2)11-4-5-13-9-14(15)7-6-12(13)8-11;1-3-8(2)9-4-6-10(11)7-5-9;;;;;;;;;;;;;;;;/h5-13H,4H2,1-3H3;9-11,15H,5-8H2,1-4H3;4-12,17H,3H2,1-2H3;2*6-11H,5H2,1-4H3;7-12H,5-6H2,1-4H3;4-10,15H,3H2,1-2H3;4-8,11H,3H2,1-2H3;16*1H4. The zero-order valence-corrected chi connectivity index (χ0v) is 83.3. The minimum absolute atomic E-state index is 0. The number of rotatable bonds is 29. The first-order valence-electron chi connectivity index (χ1n) is 47.3. The molecule has 8 atom stereocenters. The highest BCUT2D eigenvalue weighted by Gasteiger charge is 2.34. The van der Waals surface area contributed by atoms with Crippen molar-refractivity contribution < 1.29 is 67.7 Å². The third-order valence-electron chi connectivity index (χ3n) is 25.0. The monoisotopic (exact) mass is 2040 g/mol. The summed E-state index contributed by atoms with van der Waals surface area (Å²) in [5.41, 5.74) is 12.8. The van der Waals surface area contributed by atoms with E-state index < -0.39 is 21.7 Å². The van der Waals surface area contributed by atoms with Crippen molar-refractivity contribution in [3.05, 3.63) is 311 Å². The van der Waals surface area contributed by atoms with E-state index in [4.69, 9.17) is 38.3 Å². The van der Waals surface area contributed by atoms with Gasteiger partial charge in [-0.1, -0.05) is 396 Å². The van der Waals surface area contributed by atoms with Gasteiger partial charge in [-0.05, 0) is 328 Å². The second-order valence-corrected chi connectivity index (χ2v) is 36.5. The number of carbonyl (C=O) groups is 4. The quantitative estimate of drug-likeness (QED) is 0.0173. The minimum Gasteiger partial charge on any atom is -0.508 e. The van der Waals surface area contributed by atoms with Crippen molar-refractivity contribution >= 4 is 34.6 Å². The van der Waals surface area contributed by atoms with Crippen LogP contribution in [0.15, 0.2) is 267 Å². The maximum absolute atomic E-state index is 12.3. The van der Waals surface area contributed by atoms with Crippen molar-refractivity contribution in [1.29, 1.82) is 0 Å². The Balaban J connectivity index is -0.000000140. The number of aryl methyl sites for hydroxylation is 1. The summed E-state index contributed by atoms with van der Waals surface area (Å²) in [6.07, 6.45) is 10.1. The minimum atomic E-state index is -0.446. The Morgan fingerprint density at radius 1 is 0.320 bits per heavy atom. The molecule has 1 aliphatic carbocycles. The number of carbonyl (C=O) groups excluding carboxylic acids is 4. The van der Waals surface area contributed by atoms with Gasteiger partial charge in [-0.25, -0.2) is 0 Å². The van der Waals surface area contributed by atoms with Crippen LogP contribution >= 0.6 is 0 Å². The largest absolute Gasteiger partial charge is 0.508 e. The van der Waals surface area contributed by atoms with Crippen LogP contribution in [0.4, 0.5) is 0 Å². The number of esters is 4. The van der Waals surface area contributed by atoms with Crippen LogP contribution in [0.3, 0.4) is 0 Å². The average Bonchev–Trinajstić information content (AvgIpc) is 0.808. The van der Waals surface area contributed by atoms with Crippen LogP contribution in [0.25, 0.3) is 33.0 Å². The maximum Gasteiger partial charge on any atom is 0.316 e. The fraction of sp³-hybridized carbons (Fsp3) is 0.489. The third kappa shape index (κ3) is 54.3. The molecule has 0 fully saturated rings. The summed E-state index contributed by atoms with van der Waals surface area (Å²) in [6.45, 7) is 49.3. The molecule has 8 unspecified atom stereocenters. The fourth-order valence-corrected chi connectivity index (χ4v) is 13.0. The van der Waals surface area contributed by atoms with Crippen LogP contribution < -0.4 is 14.2 Å². The van der Waals surface area contributed by atoms with Crippen molar-refractivity contribution in [2.24, 2.45) is 21.7 Å². The molecule has 0 aliphatic heterocycles. The molecule has 834 valence electrons. The summed E-state index contributed by atoms with van der Waals surface area (Å²) in [5.74, 6) is 5.18. The zero-order valence-electron chi connectivity index (χ0n) is 83.3. The van der Waals surface area contributed by atoms with Crippen LogP contribution in [-0.2, 0) is 44.5 Å². The van der Waals surface area contributed by atoms with Gasteiger partial charge >= 0.3 is 23.9 Å². The summed E-state index contributed by atoms with van der Waals surface area (Å²) in [4.78, 5) is 48.0. The number of aromatic hydroxyl groups is 3. The van der Waals surface area contributed by atoms with Crippen molar-refractivity contribution in [1.82, 2.24) is 0 Å². The molecule has 0 saturated heterocycles. The topological polar surface area (TPSA) is 194 Å². The molecule has 11 aromatic carbocycles. The fourth-order valence-electron chi connectivity index (χ4n) is 13.0. The first-order valence-corrected chi connectivity index (χ1v) is 47.3. The number of hydrogen-bond donors (Lipinski definition) is 3. The summed E-state index contributed by atoms with van der Waals surface area (Å²) in [7, 11) is 1.67. The van der Waals surface area contributed by atoms with E-state index in [-0.39, 0.29) is 167 Å². The molecule has 3 N–H and O–H groups in total. The first kappa shape index (κ1) is 161. The number of benzene rings is 11. The predicted molar refractivity (Wildman–Crippen MR) is 648 cm³/mol. The lowest BCUT2D eigenvalue weighted by Crippen LogP contribution is -2.28. The van der Waals surface area contributed by atoms with Gasteiger partial charge in [0.25, 0.3) is 0 Å². The maximum atomic E-state index is 12.3. The summed E-state index contributed by atoms with van der Waals surface area (Å²) < 4.78 is 38.3. The average molecular weight is 2040 g/mol. The number of phenolic OH excluding ortho intramolecular Hbond substituents is 3. The molecule has 12 rings (SSSR count). The zero-order chi connectivity index (χ0) is 97.0. The van der Waals surface area contributed by atoms with E-state index >= 15 is 0 Å². The van der Waals surface area contributed by atoms with Crippen molar-refractivity contribution in [2.75, 3.05) is 13.7 Å².